The predicted molar refractivity (Wildman–Crippen MR) is 92.6 cm³/mol. The second kappa shape index (κ2) is 7.57. The number of carbonyl (C=O) groups is 1. The number of pyridine rings is 1. The minimum Gasteiger partial charge on any atom is -0.350 e. The summed E-state index contributed by atoms with van der Waals surface area (Å²) in [5.41, 5.74) is 1.44. The molecule has 2 aromatic heterocycles. The first-order chi connectivity index (χ1) is 11.7. The Hall–Kier alpha value is -2.21. The smallest absolute Gasteiger partial charge is 0.270 e. The molecule has 24 heavy (non-hydrogen) atoms. The van der Waals surface area contributed by atoms with Crippen molar-refractivity contribution in [1.82, 2.24) is 24.8 Å². The van der Waals surface area contributed by atoms with Crippen molar-refractivity contribution < 1.29 is 4.79 Å². The third kappa shape index (κ3) is 3.82. The lowest BCUT2D eigenvalue weighted by Gasteiger charge is -2.16. The quantitative estimate of drug-likeness (QED) is 0.880. The van der Waals surface area contributed by atoms with Gasteiger partial charge >= 0.3 is 0 Å². The van der Waals surface area contributed by atoms with E-state index >= 15 is 0 Å². The molecule has 1 unspecified atom stereocenters. The normalized spacial score (nSPS) is 18.0. The first kappa shape index (κ1) is 16.6. The Balaban J connectivity index is 1.48. The van der Waals surface area contributed by atoms with Gasteiger partial charge in [0.25, 0.3) is 5.91 Å². The van der Waals surface area contributed by atoms with Crippen molar-refractivity contribution in [2.75, 3.05) is 19.6 Å². The van der Waals surface area contributed by atoms with E-state index in [4.69, 9.17) is 0 Å². The zero-order chi connectivity index (χ0) is 16.9. The molecule has 1 N–H and O–H groups in total. The van der Waals surface area contributed by atoms with Crippen LogP contribution in [0.15, 0.2) is 30.7 Å². The van der Waals surface area contributed by atoms with Crippen molar-refractivity contribution in [2.24, 2.45) is 5.92 Å². The lowest BCUT2D eigenvalue weighted by atomic mass is 10.1. The summed E-state index contributed by atoms with van der Waals surface area (Å²) in [7, 11) is 0. The molecule has 0 spiro atoms. The van der Waals surface area contributed by atoms with Crippen molar-refractivity contribution in [2.45, 2.75) is 33.4 Å². The van der Waals surface area contributed by atoms with E-state index < -0.39 is 0 Å². The van der Waals surface area contributed by atoms with Crippen LogP contribution in [0.1, 0.15) is 35.2 Å². The van der Waals surface area contributed by atoms with Crippen LogP contribution in [0.25, 0.3) is 0 Å². The lowest BCUT2D eigenvalue weighted by Crippen LogP contribution is -2.32. The minimum absolute atomic E-state index is 0.0759. The maximum Gasteiger partial charge on any atom is 0.270 e. The summed E-state index contributed by atoms with van der Waals surface area (Å²) in [5, 5.41) is 3.03. The first-order valence-corrected chi connectivity index (χ1v) is 8.59. The van der Waals surface area contributed by atoms with Gasteiger partial charge in [0.2, 0.25) is 0 Å². The molecule has 3 heterocycles. The highest BCUT2D eigenvalue weighted by Gasteiger charge is 2.24. The fourth-order valence-electron chi connectivity index (χ4n) is 3.25. The summed E-state index contributed by atoms with van der Waals surface area (Å²) in [6.07, 6.45) is 6.66. The van der Waals surface area contributed by atoms with Crippen LogP contribution >= 0.6 is 0 Å². The maximum atomic E-state index is 12.2. The third-order valence-electron chi connectivity index (χ3n) is 4.65. The van der Waals surface area contributed by atoms with Crippen LogP contribution in [0.2, 0.25) is 0 Å². The molecule has 2 aromatic rings. The highest BCUT2D eigenvalue weighted by molar-refractivity contribution is 5.93. The summed E-state index contributed by atoms with van der Waals surface area (Å²) >= 11 is 0. The van der Waals surface area contributed by atoms with Crippen molar-refractivity contribution in [3.8, 4) is 0 Å². The average molecular weight is 327 g/mol. The van der Waals surface area contributed by atoms with Gasteiger partial charge in [-0.3, -0.25) is 14.7 Å². The van der Waals surface area contributed by atoms with Gasteiger partial charge in [-0.15, -0.1) is 0 Å². The number of likely N-dealkylation sites (tertiary alicyclic amines) is 1. The Morgan fingerprint density at radius 2 is 2.25 bits per heavy atom. The topological polar surface area (TPSA) is 63.1 Å². The van der Waals surface area contributed by atoms with Crippen molar-refractivity contribution in [3.63, 3.8) is 0 Å². The van der Waals surface area contributed by atoms with E-state index in [9.17, 15) is 4.79 Å². The van der Waals surface area contributed by atoms with E-state index in [1.165, 1.54) is 0 Å². The number of hydrogen-bond donors (Lipinski definition) is 1. The molecule has 6 nitrogen and oxygen atoms in total. The fourth-order valence-corrected chi connectivity index (χ4v) is 3.25. The van der Waals surface area contributed by atoms with Gasteiger partial charge in [-0.05, 0) is 44.4 Å². The largest absolute Gasteiger partial charge is 0.350 e. The first-order valence-electron chi connectivity index (χ1n) is 8.59. The summed E-state index contributed by atoms with van der Waals surface area (Å²) in [6, 6.07) is 3.76. The molecule has 1 amide bonds. The monoisotopic (exact) mass is 327 g/mol. The molecular formula is C18H25N5O. The van der Waals surface area contributed by atoms with E-state index in [2.05, 4.69) is 31.7 Å². The SMILES string of the molecule is CCn1ccnc1CN1CCC(CNC(=O)c2ncccc2C)C1. The van der Waals surface area contributed by atoms with Gasteiger partial charge in [-0.2, -0.15) is 0 Å². The average Bonchev–Trinajstić information content (AvgIpc) is 3.22. The van der Waals surface area contributed by atoms with Gasteiger partial charge in [0, 0.05) is 38.2 Å². The molecule has 1 atom stereocenters. The number of carbonyl (C=O) groups excluding carboxylic acids is 1. The molecule has 1 aliphatic rings. The van der Waals surface area contributed by atoms with Gasteiger partial charge in [0.1, 0.15) is 11.5 Å². The van der Waals surface area contributed by atoms with Crippen LogP contribution in [-0.2, 0) is 13.1 Å². The zero-order valence-electron chi connectivity index (χ0n) is 14.4. The number of nitrogens with zero attached hydrogens (tertiary/aromatic N) is 4. The highest BCUT2D eigenvalue weighted by Crippen LogP contribution is 2.18. The molecule has 3 rings (SSSR count). The van der Waals surface area contributed by atoms with E-state index in [-0.39, 0.29) is 5.91 Å². The summed E-state index contributed by atoms with van der Waals surface area (Å²) in [6.45, 7) is 8.63. The van der Waals surface area contributed by atoms with Crippen LogP contribution in [0, 0.1) is 12.8 Å². The molecule has 1 fully saturated rings. The number of imidazole rings is 1. The Bertz CT molecular complexity index is 696. The van der Waals surface area contributed by atoms with E-state index in [1.54, 1.807) is 6.20 Å². The van der Waals surface area contributed by atoms with Gasteiger partial charge in [-0.25, -0.2) is 4.98 Å². The predicted octanol–water partition coefficient (Wildman–Crippen LogP) is 1.86. The molecule has 0 saturated carbocycles. The number of rotatable bonds is 6. The van der Waals surface area contributed by atoms with Crippen LogP contribution in [-0.4, -0.2) is 45.0 Å². The van der Waals surface area contributed by atoms with E-state index in [0.29, 0.717) is 18.2 Å². The lowest BCUT2D eigenvalue weighted by molar-refractivity contribution is 0.0941. The van der Waals surface area contributed by atoms with Gasteiger partial charge in [0.05, 0.1) is 6.54 Å². The number of hydrogen-bond acceptors (Lipinski definition) is 4. The Morgan fingerprint density at radius 3 is 3.04 bits per heavy atom. The summed E-state index contributed by atoms with van der Waals surface area (Å²) in [5.74, 6) is 1.53. The van der Waals surface area contributed by atoms with E-state index in [0.717, 1.165) is 44.0 Å². The second-order valence-electron chi connectivity index (χ2n) is 6.40. The minimum atomic E-state index is -0.0759. The molecular weight excluding hydrogens is 302 g/mol. The number of aryl methyl sites for hydroxylation is 2. The molecule has 1 aliphatic heterocycles. The second-order valence-corrected chi connectivity index (χ2v) is 6.40. The molecule has 1 saturated heterocycles. The zero-order valence-corrected chi connectivity index (χ0v) is 14.4. The van der Waals surface area contributed by atoms with E-state index in [1.807, 2.05) is 31.5 Å². The molecule has 0 bridgehead atoms. The maximum absolute atomic E-state index is 12.2. The summed E-state index contributed by atoms with van der Waals surface area (Å²) in [4.78, 5) is 23.3. The number of amides is 1. The number of aromatic nitrogens is 3. The Labute approximate surface area is 142 Å². The van der Waals surface area contributed by atoms with Crippen molar-refractivity contribution in [3.05, 3.63) is 47.8 Å². The third-order valence-corrected chi connectivity index (χ3v) is 4.65. The van der Waals surface area contributed by atoms with Crippen LogP contribution < -0.4 is 5.32 Å². The van der Waals surface area contributed by atoms with Crippen LogP contribution in [0.4, 0.5) is 0 Å². The van der Waals surface area contributed by atoms with Crippen LogP contribution in [0.5, 0.6) is 0 Å². The van der Waals surface area contributed by atoms with Gasteiger partial charge < -0.3 is 9.88 Å². The molecule has 0 aromatic carbocycles. The number of nitrogens with one attached hydrogen (secondary N) is 1. The van der Waals surface area contributed by atoms with Crippen molar-refractivity contribution >= 4 is 5.91 Å². The molecule has 128 valence electrons. The fraction of sp³-hybridized carbons (Fsp3) is 0.500. The van der Waals surface area contributed by atoms with Gasteiger partial charge in [-0.1, -0.05) is 6.07 Å². The Morgan fingerprint density at radius 1 is 1.38 bits per heavy atom. The standard InChI is InChI=1S/C18H25N5O/c1-3-23-10-8-19-16(23)13-22-9-6-15(12-22)11-21-18(24)17-14(2)5-4-7-20-17/h4-5,7-8,10,15H,3,6,9,11-13H2,1-2H3,(H,21,24). The Kier molecular flexibility index (Phi) is 5.25. The van der Waals surface area contributed by atoms with Crippen molar-refractivity contribution in [1.29, 1.82) is 0 Å². The highest BCUT2D eigenvalue weighted by atomic mass is 16.1. The molecule has 6 heteroatoms. The molecule has 0 radical (unpaired) electrons. The molecule has 0 aliphatic carbocycles. The van der Waals surface area contributed by atoms with Crippen LogP contribution in [0.3, 0.4) is 0 Å². The summed E-state index contributed by atoms with van der Waals surface area (Å²) < 4.78 is 2.18. The van der Waals surface area contributed by atoms with Gasteiger partial charge in [0.15, 0.2) is 0 Å².